The molecule has 3 nitrogen and oxygen atoms in total. The highest BCUT2D eigenvalue weighted by Gasteiger charge is 2.23. The summed E-state index contributed by atoms with van der Waals surface area (Å²) in [5.74, 6) is 1.72. The van der Waals surface area contributed by atoms with Crippen LogP contribution in [0, 0.1) is 11.8 Å². The van der Waals surface area contributed by atoms with Crippen LogP contribution < -0.4 is 10.6 Å². The van der Waals surface area contributed by atoms with E-state index in [1.54, 1.807) is 0 Å². The van der Waals surface area contributed by atoms with Gasteiger partial charge in [-0.2, -0.15) is 0 Å². The summed E-state index contributed by atoms with van der Waals surface area (Å²) in [5.41, 5.74) is 0. The highest BCUT2D eigenvalue weighted by Crippen LogP contribution is 2.27. The molecule has 0 aromatic carbocycles. The van der Waals surface area contributed by atoms with E-state index < -0.39 is 0 Å². The van der Waals surface area contributed by atoms with Gasteiger partial charge in [0.2, 0.25) is 5.91 Å². The molecule has 0 radical (unpaired) electrons. The highest BCUT2D eigenvalue weighted by molar-refractivity contribution is 5.81. The van der Waals surface area contributed by atoms with Crippen LogP contribution in [-0.4, -0.2) is 24.5 Å². The van der Waals surface area contributed by atoms with E-state index >= 15 is 0 Å². The van der Waals surface area contributed by atoms with E-state index in [1.165, 1.54) is 38.5 Å². The van der Waals surface area contributed by atoms with E-state index in [-0.39, 0.29) is 11.9 Å². The fourth-order valence-electron chi connectivity index (χ4n) is 3.09. The summed E-state index contributed by atoms with van der Waals surface area (Å²) in [6.07, 6.45) is 8.85. The van der Waals surface area contributed by atoms with Gasteiger partial charge in [0.25, 0.3) is 0 Å². The second kappa shape index (κ2) is 9.38. The molecular weight excluding hydrogens is 248 g/mol. The smallest absolute Gasteiger partial charge is 0.236 e. The van der Waals surface area contributed by atoms with Crippen LogP contribution in [0.2, 0.25) is 0 Å². The standard InChI is InChI=1S/C17H34N2O/c1-5-6-15-7-9-16(10-8-15)19-14(4)17(20)18-12-11-13(2)3/h13-16,19H,5-12H2,1-4H3,(H,18,20). The largest absolute Gasteiger partial charge is 0.355 e. The highest BCUT2D eigenvalue weighted by atomic mass is 16.2. The predicted octanol–water partition coefficient (Wildman–Crippen LogP) is 3.49. The molecule has 0 aromatic rings. The van der Waals surface area contributed by atoms with Crippen molar-refractivity contribution in [3.63, 3.8) is 0 Å². The molecule has 1 aliphatic carbocycles. The number of hydrogen-bond donors (Lipinski definition) is 2. The molecule has 3 heteroatoms. The molecule has 1 saturated carbocycles. The molecule has 0 aliphatic heterocycles. The van der Waals surface area contributed by atoms with E-state index in [0.29, 0.717) is 12.0 Å². The van der Waals surface area contributed by atoms with Crippen LogP contribution in [-0.2, 0) is 4.79 Å². The minimum absolute atomic E-state index is 0.0603. The molecule has 1 fully saturated rings. The van der Waals surface area contributed by atoms with Gasteiger partial charge in [-0.3, -0.25) is 4.79 Å². The van der Waals surface area contributed by atoms with Gasteiger partial charge in [-0.15, -0.1) is 0 Å². The molecule has 0 saturated heterocycles. The molecule has 1 atom stereocenters. The Labute approximate surface area is 125 Å². The summed E-state index contributed by atoms with van der Waals surface area (Å²) in [6.45, 7) is 9.42. The lowest BCUT2D eigenvalue weighted by Gasteiger charge is -2.30. The number of rotatable bonds is 8. The summed E-state index contributed by atoms with van der Waals surface area (Å²) in [4.78, 5) is 12.0. The van der Waals surface area contributed by atoms with Crippen molar-refractivity contribution >= 4 is 5.91 Å². The fraction of sp³-hybridized carbons (Fsp3) is 0.941. The van der Waals surface area contributed by atoms with E-state index in [9.17, 15) is 4.79 Å². The van der Waals surface area contributed by atoms with Gasteiger partial charge in [0.15, 0.2) is 0 Å². The topological polar surface area (TPSA) is 41.1 Å². The Bertz CT molecular complexity index is 270. The molecule has 0 aromatic heterocycles. The van der Waals surface area contributed by atoms with E-state index in [4.69, 9.17) is 0 Å². The zero-order valence-electron chi connectivity index (χ0n) is 13.9. The molecule has 1 amide bonds. The van der Waals surface area contributed by atoms with Crippen molar-refractivity contribution in [3.05, 3.63) is 0 Å². The third-order valence-electron chi connectivity index (χ3n) is 4.44. The van der Waals surface area contributed by atoms with Crippen LogP contribution in [0.3, 0.4) is 0 Å². The van der Waals surface area contributed by atoms with E-state index in [2.05, 4.69) is 31.4 Å². The second-order valence-corrected chi connectivity index (χ2v) is 6.87. The van der Waals surface area contributed by atoms with E-state index in [1.807, 2.05) is 6.92 Å². The van der Waals surface area contributed by atoms with Crippen LogP contribution in [0.1, 0.15) is 72.6 Å². The first-order valence-electron chi connectivity index (χ1n) is 8.56. The fourth-order valence-corrected chi connectivity index (χ4v) is 3.09. The molecule has 20 heavy (non-hydrogen) atoms. The first-order valence-corrected chi connectivity index (χ1v) is 8.56. The number of hydrogen-bond acceptors (Lipinski definition) is 2. The normalized spacial score (nSPS) is 24.6. The molecule has 1 aliphatic rings. The number of carbonyl (C=O) groups is 1. The lowest BCUT2D eigenvalue weighted by molar-refractivity contribution is -0.123. The minimum atomic E-state index is -0.0603. The van der Waals surface area contributed by atoms with E-state index in [0.717, 1.165) is 18.9 Å². The van der Waals surface area contributed by atoms with Crippen molar-refractivity contribution in [2.24, 2.45) is 11.8 Å². The number of carbonyl (C=O) groups excluding carboxylic acids is 1. The van der Waals surface area contributed by atoms with Crippen LogP contribution in [0.5, 0.6) is 0 Å². The van der Waals surface area contributed by atoms with Gasteiger partial charge in [-0.1, -0.05) is 33.6 Å². The quantitative estimate of drug-likeness (QED) is 0.715. The van der Waals surface area contributed by atoms with Crippen molar-refractivity contribution in [2.75, 3.05) is 6.54 Å². The minimum Gasteiger partial charge on any atom is -0.355 e. The Hall–Kier alpha value is -0.570. The molecule has 2 N–H and O–H groups in total. The average molecular weight is 282 g/mol. The average Bonchev–Trinajstić information content (AvgIpc) is 2.40. The third kappa shape index (κ3) is 6.74. The molecule has 0 bridgehead atoms. The summed E-state index contributed by atoms with van der Waals surface area (Å²) < 4.78 is 0. The van der Waals surface area contributed by atoms with Crippen LogP contribution >= 0.6 is 0 Å². The lowest BCUT2D eigenvalue weighted by Crippen LogP contribution is -2.47. The lowest BCUT2D eigenvalue weighted by atomic mass is 9.83. The third-order valence-corrected chi connectivity index (χ3v) is 4.44. The maximum atomic E-state index is 12.0. The zero-order chi connectivity index (χ0) is 15.0. The molecule has 1 unspecified atom stereocenters. The monoisotopic (exact) mass is 282 g/mol. The van der Waals surface area contributed by atoms with Crippen molar-refractivity contribution < 1.29 is 4.79 Å². The van der Waals surface area contributed by atoms with Crippen molar-refractivity contribution in [1.29, 1.82) is 0 Å². The molecule has 1 rings (SSSR count). The van der Waals surface area contributed by atoms with Gasteiger partial charge >= 0.3 is 0 Å². The molecule has 0 spiro atoms. The Balaban J connectivity index is 2.18. The summed E-state index contributed by atoms with van der Waals surface area (Å²) in [7, 11) is 0. The van der Waals surface area contributed by atoms with Gasteiger partial charge in [-0.05, 0) is 50.9 Å². The SMILES string of the molecule is CCCC1CCC(NC(C)C(=O)NCCC(C)C)CC1. The summed E-state index contributed by atoms with van der Waals surface area (Å²) in [6, 6.07) is 0.476. The van der Waals surface area contributed by atoms with Crippen molar-refractivity contribution in [2.45, 2.75) is 84.7 Å². The Morgan fingerprint density at radius 2 is 1.80 bits per heavy atom. The summed E-state index contributed by atoms with van der Waals surface area (Å²) in [5, 5.41) is 6.54. The first-order chi connectivity index (χ1) is 9.52. The second-order valence-electron chi connectivity index (χ2n) is 6.87. The van der Waals surface area contributed by atoms with Crippen LogP contribution in [0.25, 0.3) is 0 Å². The van der Waals surface area contributed by atoms with Gasteiger partial charge in [0.05, 0.1) is 6.04 Å². The Morgan fingerprint density at radius 3 is 2.35 bits per heavy atom. The maximum absolute atomic E-state index is 12.0. The van der Waals surface area contributed by atoms with Gasteiger partial charge < -0.3 is 10.6 Å². The summed E-state index contributed by atoms with van der Waals surface area (Å²) >= 11 is 0. The predicted molar refractivity (Wildman–Crippen MR) is 85.7 cm³/mol. The number of nitrogens with one attached hydrogen (secondary N) is 2. The zero-order valence-corrected chi connectivity index (χ0v) is 13.9. The first kappa shape index (κ1) is 17.5. The van der Waals surface area contributed by atoms with Crippen molar-refractivity contribution in [1.82, 2.24) is 10.6 Å². The van der Waals surface area contributed by atoms with Crippen LogP contribution in [0.15, 0.2) is 0 Å². The molecule has 118 valence electrons. The Morgan fingerprint density at radius 1 is 1.15 bits per heavy atom. The molecular formula is C17H34N2O. The van der Waals surface area contributed by atoms with Crippen molar-refractivity contribution in [3.8, 4) is 0 Å². The maximum Gasteiger partial charge on any atom is 0.236 e. The van der Waals surface area contributed by atoms with Gasteiger partial charge in [0, 0.05) is 12.6 Å². The Kier molecular flexibility index (Phi) is 8.20. The van der Waals surface area contributed by atoms with Gasteiger partial charge in [0.1, 0.15) is 0 Å². The number of amides is 1. The van der Waals surface area contributed by atoms with Crippen LogP contribution in [0.4, 0.5) is 0 Å². The molecule has 0 heterocycles. The van der Waals surface area contributed by atoms with Gasteiger partial charge in [-0.25, -0.2) is 0 Å².